The molecule has 2 rings (SSSR count). The SMILES string of the molecule is Cc1cnc(CNS(=O)(=O)c2ccc(CN)c(Cl)c2)cn1. The van der Waals surface area contributed by atoms with E-state index in [0.29, 0.717) is 16.3 Å². The molecule has 2 aromatic rings. The molecule has 0 aliphatic rings. The Kier molecular flexibility index (Phi) is 4.89. The van der Waals surface area contributed by atoms with Crippen LogP contribution >= 0.6 is 11.6 Å². The third-order valence-corrected chi connectivity index (χ3v) is 4.58. The second-order valence-electron chi connectivity index (χ2n) is 4.43. The molecule has 0 bridgehead atoms. The normalized spacial score (nSPS) is 11.6. The van der Waals surface area contributed by atoms with Gasteiger partial charge in [0.25, 0.3) is 0 Å². The van der Waals surface area contributed by atoms with E-state index in [4.69, 9.17) is 17.3 Å². The zero-order valence-electron chi connectivity index (χ0n) is 11.4. The quantitative estimate of drug-likeness (QED) is 0.865. The highest BCUT2D eigenvalue weighted by Crippen LogP contribution is 2.20. The van der Waals surface area contributed by atoms with Crippen LogP contribution in [-0.4, -0.2) is 18.4 Å². The number of nitrogens with two attached hydrogens (primary N) is 1. The molecule has 112 valence electrons. The summed E-state index contributed by atoms with van der Waals surface area (Å²) in [5.41, 5.74) is 7.49. The maximum absolute atomic E-state index is 12.2. The summed E-state index contributed by atoms with van der Waals surface area (Å²) >= 11 is 5.98. The summed E-state index contributed by atoms with van der Waals surface area (Å²) in [6.07, 6.45) is 3.11. The van der Waals surface area contributed by atoms with Gasteiger partial charge in [-0.05, 0) is 24.6 Å². The molecule has 21 heavy (non-hydrogen) atoms. The van der Waals surface area contributed by atoms with Crippen LogP contribution in [0.25, 0.3) is 0 Å². The van der Waals surface area contributed by atoms with E-state index in [-0.39, 0.29) is 18.0 Å². The van der Waals surface area contributed by atoms with Crippen molar-refractivity contribution in [1.82, 2.24) is 14.7 Å². The maximum Gasteiger partial charge on any atom is 0.240 e. The van der Waals surface area contributed by atoms with Crippen LogP contribution in [-0.2, 0) is 23.1 Å². The molecule has 0 saturated heterocycles. The lowest BCUT2D eigenvalue weighted by molar-refractivity contribution is 0.580. The van der Waals surface area contributed by atoms with E-state index in [1.807, 2.05) is 6.92 Å². The molecule has 0 radical (unpaired) electrons. The van der Waals surface area contributed by atoms with Crippen molar-refractivity contribution >= 4 is 21.6 Å². The van der Waals surface area contributed by atoms with Crippen LogP contribution in [0.3, 0.4) is 0 Å². The first-order valence-corrected chi connectivity index (χ1v) is 8.04. The minimum Gasteiger partial charge on any atom is -0.326 e. The number of aryl methyl sites for hydroxylation is 1. The Morgan fingerprint density at radius 3 is 2.62 bits per heavy atom. The summed E-state index contributed by atoms with van der Waals surface area (Å²) < 4.78 is 26.8. The second kappa shape index (κ2) is 6.48. The van der Waals surface area contributed by atoms with Crippen molar-refractivity contribution in [3.05, 3.63) is 52.6 Å². The van der Waals surface area contributed by atoms with E-state index in [1.54, 1.807) is 12.3 Å². The lowest BCUT2D eigenvalue weighted by atomic mass is 10.2. The van der Waals surface area contributed by atoms with Crippen molar-refractivity contribution in [3.63, 3.8) is 0 Å². The van der Waals surface area contributed by atoms with Gasteiger partial charge in [0, 0.05) is 17.8 Å². The molecule has 1 aromatic carbocycles. The number of aromatic nitrogens is 2. The predicted octanol–water partition coefficient (Wildman–Crippen LogP) is 1.38. The van der Waals surface area contributed by atoms with Gasteiger partial charge in [0.1, 0.15) is 0 Å². The molecule has 0 atom stereocenters. The van der Waals surface area contributed by atoms with Gasteiger partial charge in [-0.1, -0.05) is 17.7 Å². The molecule has 3 N–H and O–H groups in total. The Bertz CT molecular complexity index is 732. The molecule has 0 fully saturated rings. The lowest BCUT2D eigenvalue weighted by Crippen LogP contribution is -2.24. The third-order valence-electron chi connectivity index (χ3n) is 2.83. The monoisotopic (exact) mass is 326 g/mol. The molecule has 0 saturated carbocycles. The fourth-order valence-electron chi connectivity index (χ4n) is 1.62. The van der Waals surface area contributed by atoms with Gasteiger partial charge in [0.05, 0.1) is 29.0 Å². The predicted molar refractivity (Wildman–Crippen MR) is 80.1 cm³/mol. The summed E-state index contributed by atoms with van der Waals surface area (Å²) in [6.45, 7) is 2.12. The average Bonchev–Trinajstić information content (AvgIpc) is 2.46. The Hall–Kier alpha value is -1.54. The molecule has 0 unspecified atom stereocenters. The lowest BCUT2D eigenvalue weighted by Gasteiger charge is -2.08. The van der Waals surface area contributed by atoms with Gasteiger partial charge in [-0.3, -0.25) is 9.97 Å². The molecule has 1 heterocycles. The number of hydrogen-bond acceptors (Lipinski definition) is 5. The summed E-state index contributed by atoms with van der Waals surface area (Å²) in [6, 6.07) is 4.45. The first-order valence-electron chi connectivity index (χ1n) is 6.18. The Balaban J connectivity index is 2.14. The van der Waals surface area contributed by atoms with Crippen molar-refractivity contribution in [2.24, 2.45) is 5.73 Å². The average molecular weight is 327 g/mol. The standard InChI is InChI=1S/C13H15ClN4O2S/c1-9-6-17-11(7-16-9)8-18-21(19,20)12-3-2-10(5-15)13(14)4-12/h2-4,6-7,18H,5,8,15H2,1H3. The van der Waals surface area contributed by atoms with E-state index in [9.17, 15) is 8.42 Å². The summed E-state index contributed by atoms with van der Waals surface area (Å²) in [5.74, 6) is 0. The topological polar surface area (TPSA) is 98.0 Å². The number of nitrogens with one attached hydrogen (secondary N) is 1. The summed E-state index contributed by atoms with van der Waals surface area (Å²) in [4.78, 5) is 8.23. The van der Waals surface area contributed by atoms with Crippen molar-refractivity contribution in [2.75, 3.05) is 0 Å². The minimum absolute atomic E-state index is 0.0614. The number of halogens is 1. The Morgan fingerprint density at radius 2 is 2.05 bits per heavy atom. The van der Waals surface area contributed by atoms with E-state index in [0.717, 1.165) is 5.69 Å². The largest absolute Gasteiger partial charge is 0.326 e. The number of rotatable bonds is 5. The number of hydrogen-bond donors (Lipinski definition) is 2. The zero-order valence-corrected chi connectivity index (χ0v) is 12.9. The highest BCUT2D eigenvalue weighted by molar-refractivity contribution is 7.89. The minimum atomic E-state index is -3.66. The second-order valence-corrected chi connectivity index (χ2v) is 6.61. The van der Waals surface area contributed by atoms with Crippen molar-refractivity contribution in [1.29, 1.82) is 0 Å². The van der Waals surface area contributed by atoms with E-state index >= 15 is 0 Å². The van der Waals surface area contributed by atoms with Crippen LogP contribution in [0, 0.1) is 6.92 Å². The van der Waals surface area contributed by atoms with Gasteiger partial charge in [-0.15, -0.1) is 0 Å². The van der Waals surface area contributed by atoms with Gasteiger partial charge in [-0.25, -0.2) is 13.1 Å². The zero-order chi connectivity index (χ0) is 15.5. The highest BCUT2D eigenvalue weighted by Gasteiger charge is 2.15. The van der Waals surface area contributed by atoms with Gasteiger partial charge < -0.3 is 5.73 Å². The van der Waals surface area contributed by atoms with Crippen LogP contribution < -0.4 is 10.5 Å². The van der Waals surface area contributed by atoms with Crippen molar-refractivity contribution in [2.45, 2.75) is 24.9 Å². The van der Waals surface area contributed by atoms with Gasteiger partial charge in [0.2, 0.25) is 10.0 Å². The van der Waals surface area contributed by atoms with Gasteiger partial charge in [0.15, 0.2) is 0 Å². The number of nitrogens with zero attached hydrogens (tertiary/aromatic N) is 2. The smallest absolute Gasteiger partial charge is 0.240 e. The summed E-state index contributed by atoms with van der Waals surface area (Å²) in [7, 11) is -3.66. The molecule has 0 aliphatic heterocycles. The molecule has 8 heteroatoms. The maximum atomic E-state index is 12.2. The highest BCUT2D eigenvalue weighted by atomic mass is 35.5. The summed E-state index contributed by atoms with van der Waals surface area (Å²) in [5, 5.41) is 0.329. The first-order chi connectivity index (χ1) is 9.92. The first kappa shape index (κ1) is 15.8. The van der Waals surface area contributed by atoms with Crippen LogP contribution in [0.15, 0.2) is 35.5 Å². The molecular weight excluding hydrogens is 312 g/mol. The van der Waals surface area contributed by atoms with Crippen molar-refractivity contribution in [3.8, 4) is 0 Å². The number of sulfonamides is 1. The Labute approximate surface area is 128 Å². The van der Waals surface area contributed by atoms with E-state index in [1.165, 1.54) is 18.3 Å². The fraction of sp³-hybridized carbons (Fsp3) is 0.231. The molecule has 0 spiro atoms. The Morgan fingerprint density at radius 1 is 1.29 bits per heavy atom. The molecule has 1 aromatic heterocycles. The van der Waals surface area contributed by atoms with E-state index in [2.05, 4.69) is 14.7 Å². The van der Waals surface area contributed by atoms with Gasteiger partial charge in [-0.2, -0.15) is 0 Å². The molecule has 0 amide bonds. The molecular formula is C13H15ClN4O2S. The fourth-order valence-corrected chi connectivity index (χ4v) is 2.97. The molecule has 0 aliphatic carbocycles. The third kappa shape index (κ3) is 3.98. The van der Waals surface area contributed by atoms with Crippen LogP contribution in [0.5, 0.6) is 0 Å². The van der Waals surface area contributed by atoms with Crippen LogP contribution in [0.4, 0.5) is 0 Å². The van der Waals surface area contributed by atoms with Crippen molar-refractivity contribution < 1.29 is 8.42 Å². The van der Waals surface area contributed by atoms with Crippen LogP contribution in [0.2, 0.25) is 5.02 Å². The van der Waals surface area contributed by atoms with Crippen LogP contribution in [0.1, 0.15) is 17.0 Å². The van der Waals surface area contributed by atoms with E-state index < -0.39 is 10.0 Å². The van der Waals surface area contributed by atoms with Gasteiger partial charge >= 0.3 is 0 Å². The number of benzene rings is 1. The molecule has 6 nitrogen and oxygen atoms in total.